The lowest BCUT2D eigenvalue weighted by Gasteiger charge is -2.33. The average Bonchev–Trinajstić information content (AvgIpc) is 2.65. The number of rotatable bonds is 7. The van der Waals surface area contributed by atoms with Gasteiger partial charge in [-0.2, -0.15) is 0 Å². The molecule has 2 rings (SSSR count). The Morgan fingerprint density at radius 3 is 2.56 bits per heavy atom. The molecule has 2 amide bonds. The number of aliphatic carboxylic acids is 1. The smallest absolute Gasteiger partial charge is 0.317 e. The molecule has 2 atom stereocenters. The predicted molar refractivity (Wildman–Crippen MR) is 97.4 cm³/mol. The first-order valence-electron chi connectivity index (χ1n) is 9.11. The van der Waals surface area contributed by atoms with Crippen LogP contribution in [-0.4, -0.2) is 59.6 Å². The Hall–Kier alpha value is -2.08. The molecule has 1 saturated heterocycles. The fourth-order valence-electron chi connectivity index (χ4n) is 3.46. The molecule has 0 aliphatic carbocycles. The first kappa shape index (κ1) is 19.2. The number of likely N-dealkylation sites (tertiary alicyclic amines) is 1. The third kappa shape index (κ3) is 5.19. The van der Waals surface area contributed by atoms with E-state index in [1.807, 2.05) is 18.2 Å². The quantitative estimate of drug-likeness (QED) is 0.795. The largest absolute Gasteiger partial charge is 0.481 e. The Kier molecular flexibility index (Phi) is 7.25. The number of benzene rings is 1. The van der Waals surface area contributed by atoms with Crippen molar-refractivity contribution >= 4 is 12.0 Å². The topological polar surface area (TPSA) is 72.9 Å². The molecule has 1 aromatic rings. The zero-order valence-electron chi connectivity index (χ0n) is 15.1. The number of likely N-dealkylation sites (N-methyl/N-ethyl adjacent to an activating group) is 1. The highest BCUT2D eigenvalue weighted by molar-refractivity contribution is 5.76. The number of carbonyl (C=O) groups excluding carboxylic acids is 1. The summed E-state index contributed by atoms with van der Waals surface area (Å²) in [5.74, 6) is -1.27. The summed E-state index contributed by atoms with van der Waals surface area (Å²) < 4.78 is 0. The van der Waals surface area contributed by atoms with E-state index in [2.05, 4.69) is 36.2 Å². The molecule has 2 unspecified atom stereocenters. The van der Waals surface area contributed by atoms with Crippen molar-refractivity contribution in [2.75, 3.05) is 32.7 Å². The van der Waals surface area contributed by atoms with Gasteiger partial charge < -0.3 is 15.3 Å². The molecule has 6 heteroatoms. The minimum Gasteiger partial charge on any atom is -0.481 e. The number of carboxylic acids is 1. The van der Waals surface area contributed by atoms with Crippen LogP contribution in [0.4, 0.5) is 4.79 Å². The van der Waals surface area contributed by atoms with Crippen LogP contribution in [0.5, 0.6) is 0 Å². The molecule has 1 aliphatic heterocycles. The van der Waals surface area contributed by atoms with Crippen molar-refractivity contribution in [2.24, 2.45) is 5.92 Å². The second kappa shape index (κ2) is 9.42. The first-order valence-corrected chi connectivity index (χ1v) is 9.11. The van der Waals surface area contributed by atoms with Gasteiger partial charge in [0.25, 0.3) is 0 Å². The molecular formula is C19H29N3O3. The summed E-state index contributed by atoms with van der Waals surface area (Å²) in [4.78, 5) is 27.6. The SMILES string of the molecule is CCN(CC)C(CNC(=O)N1CCCC(C(=O)O)C1)c1ccccc1. The molecule has 138 valence electrons. The minimum atomic E-state index is -0.817. The Morgan fingerprint density at radius 1 is 1.28 bits per heavy atom. The molecule has 2 N–H and O–H groups in total. The van der Waals surface area contributed by atoms with Gasteiger partial charge in [0.15, 0.2) is 0 Å². The second-order valence-electron chi connectivity index (χ2n) is 6.46. The van der Waals surface area contributed by atoms with E-state index in [4.69, 9.17) is 0 Å². The summed E-state index contributed by atoms with van der Waals surface area (Å²) in [6.07, 6.45) is 1.38. The number of piperidine rings is 1. The maximum Gasteiger partial charge on any atom is 0.317 e. The van der Waals surface area contributed by atoms with Crippen molar-refractivity contribution in [3.8, 4) is 0 Å². The molecule has 1 aliphatic rings. The molecule has 25 heavy (non-hydrogen) atoms. The Bertz CT molecular complexity index is 560. The summed E-state index contributed by atoms with van der Waals surface area (Å²) in [5.41, 5.74) is 1.17. The molecule has 0 radical (unpaired) electrons. The van der Waals surface area contributed by atoms with Crippen LogP contribution < -0.4 is 5.32 Å². The van der Waals surface area contributed by atoms with Crippen LogP contribution in [0.25, 0.3) is 0 Å². The van der Waals surface area contributed by atoms with Crippen LogP contribution in [0, 0.1) is 5.92 Å². The van der Waals surface area contributed by atoms with Crippen molar-refractivity contribution in [2.45, 2.75) is 32.7 Å². The Labute approximate surface area is 149 Å². The van der Waals surface area contributed by atoms with E-state index in [-0.39, 0.29) is 12.1 Å². The maximum atomic E-state index is 12.5. The van der Waals surface area contributed by atoms with E-state index in [1.54, 1.807) is 4.90 Å². The maximum absolute atomic E-state index is 12.5. The van der Waals surface area contributed by atoms with Crippen molar-refractivity contribution < 1.29 is 14.7 Å². The van der Waals surface area contributed by atoms with Crippen LogP contribution in [0.3, 0.4) is 0 Å². The van der Waals surface area contributed by atoms with E-state index in [0.29, 0.717) is 26.1 Å². The molecule has 6 nitrogen and oxygen atoms in total. The molecule has 0 saturated carbocycles. The number of amides is 2. The van der Waals surface area contributed by atoms with Gasteiger partial charge in [0.05, 0.1) is 12.0 Å². The van der Waals surface area contributed by atoms with Gasteiger partial charge in [-0.05, 0) is 31.5 Å². The van der Waals surface area contributed by atoms with Crippen molar-refractivity contribution in [3.63, 3.8) is 0 Å². The van der Waals surface area contributed by atoms with Crippen molar-refractivity contribution in [1.29, 1.82) is 0 Å². The molecule has 0 bridgehead atoms. The summed E-state index contributed by atoms with van der Waals surface area (Å²) in [6.45, 7) is 7.46. The van der Waals surface area contributed by atoms with Crippen LogP contribution >= 0.6 is 0 Å². The molecule has 1 aromatic carbocycles. The number of urea groups is 1. The Morgan fingerprint density at radius 2 is 1.96 bits per heavy atom. The second-order valence-corrected chi connectivity index (χ2v) is 6.46. The van der Waals surface area contributed by atoms with Gasteiger partial charge in [-0.1, -0.05) is 44.2 Å². The third-order valence-corrected chi connectivity index (χ3v) is 4.94. The minimum absolute atomic E-state index is 0.111. The van der Waals surface area contributed by atoms with E-state index < -0.39 is 11.9 Å². The van der Waals surface area contributed by atoms with Crippen LogP contribution in [0.1, 0.15) is 38.3 Å². The summed E-state index contributed by atoms with van der Waals surface area (Å²) >= 11 is 0. The lowest BCUT2D eigenvalue weighted by Crippen LogP contribution is -2.49. The van der Waals surface area contributed by atoms with E-state index >= 15 is 0 Å². The van der Waals surface area contributed by atoms with Gasteiger partial charge in [0.1, 0.15) is 0 Å². The van der Waals surface area contributed by atoms with Crippen LogP contribution in [0.15, 0.2) is 30.3 Å². The molecule has 1 heterocycles. The zero-order valence-corrected chi connectivity index (χ0v) is 15.1. The van der Waals surface area contributed by atoms with Crippen LogP contribution in [0.2, 0.25) is 0 Å². The fraction of sp³-hybridized carbons (Fsp3) is 0.579. The van der Waals surface area contributed by atoms with Gasteiger partial charge in [-0.3, -0.25) is 9.69 Å². The average molecular weight is 347 g/mol. The number of nitrogens with one attached hydrogen (secondary N) is 1. The highest BCUT2D eigenvalue weighted by Crippen LogP contribution is 2.20. The van der Waals surface area contributed by atoms with Crippen molar-refractivity contribution in [1.82, 2.24) is 15.1 Å². The lowest BCUT2D eigenvalue weighted by atomic mass is 9.99. The summed E-state index contributed by atoms with van der Waals surface area (Å²) in [7, 11) is 0. The number of hydrogen-bond acceptors (Lipinski definition) is 3. The molecule has 1 fully saturated rings. The van der Waals surface area contributed by atoms with Gasteiger partial charge >= 0.3 is 12.0 Å². The van der Waals surface area contributed by atoms with Crippen LogP contribution in [-0.2, 0) is 4.79 Å². The normalized spacial score (nSPS) is 18.8. The van der Waals surface area contributed by atoms with E-state index in [0.717, 1.165) is 19.5 Å². The summed E-state index contributed by atoms with van der Waals surface area (Å²) in [6, 6.07) is 10.1. The van der Waals surface area contributed by atoms with Gasteiger partial charge in [0.2, 0.25) is 0 Å². The van der Waals surface area contributed by atoms with E-state index in [1.165, 1.54) is 5.56 Å². The van der Waals surface area contributed by atoms with Crippen molar-refractivity contribution in [3.05, 3.63) is 35.9 Å². The number of nitrogens with zero attached hydrogens (tertiary/aromatic N) is 2. The fourth-order valence-corrected chi connectivity index (χ4v) is 3.46. The number of carboxylic acid groups (broad SMARTS) is 1. The van der Waals surface area contributed by atoms with Gasteiger partial charge in [-0.15, -0.1) is 0 Å². The van der Waals surface area contributed by atoms with Gasteiger partial charge in [0, 0.05) is 19.6 Å². The standard InChI is InChI=1S/C19H29N3O3/c1-3-21(4-2)17(15-9-6-5-7-10-15)13-20-19(25)22-12-8-11-16(14-22)18(23)24/h5-7,9-10,16-17H,3-4,8,11-14H2,1-2H3,(H,20,25)(H,23,24). The number of carbonyl (C=O) groups is 2. The first-order chi connectivity index (χ1) is 12.1. The van der Waals surface area contributed by atoms with Gasteiger partial charge in [-0.25, -0.2) is 4.79 Å². The number of hydrogen-bond donors (Lipinski definition) is 2. The highest BCUT2D eigenvalue weighted by Gasteiger charge is 2.28. The Balaban J connectivity index is 1.99. The highest BCUT2D eigenvalue weighted by atomic mass is 16.4. The zero-order chi connectivity index (χ0) is 18.2. The lowest BCUT2D eigenvalue weighted by molar-refractivity contribution is -0.143. The third-order valence-electron chi connectivity index (χ3n) is 4.94. The van der Waals surface area contributed by atoms with E-state index in [9.17, 15) is 14.7 Å². The molecule has 0 aromatic heterocycles. The predicted octanol–water partition coefficient (Wildman–Crippen LogP) is 2.58. The molecular weight excluding hydrogens is 318 g/mol. The monoisotopic (exact) mass is 347 g/mol. The summed E-state index contributed by atoms with van der Waals surface area (Å²) in [5, 5.41) is 12.2. The molecule has 0 spiro atoms.